The molecule has 0 bridgehead atoms. The van der Waals surface area contributed by atoms with Gasteiger partial charge in [0.25, 0.3) is 0 Å². The number of hydrogen-bond donors (Lipinski definition) is 0. The molecule has 0 spiro atoms. The molecule has 0 aliphatic carbocycles. The highest BCUT2D eigenvalue weighted by molar-refractivity contribution is 4.76. The zero-order valence-electron chi connectivity index (χ0n) is 8.39. The maximum atomic E-state index is 3.71. The van der Waals surface area contributed by atoms with Crippen LogP contribution in [0.25, 0.3) is 0 Å². The fourth-order valence-electron chi connectivity index (χ4n) is 1.25. The first-order valence-electron chi connectivity index (χ1n) is 5.14. The first-order valence-corrected chi connectivity index (χ1v) is 5.14. The zero-order chi connectivity index (χ0) is 9.07. The second kappa shape index (κ2) is 10.5. The van der Waals surface area contributed by atoms with Gasteiger partial charge < -0.3 is 0 Å². The van der Waals surface area contributed by atoms with Crippen molar-refractivity contribution in [3.8, 4) is 0 Å². The van der Waals surface area contributed by atoms with E-state index in [1.807, 2.05) is 6.08 Å². The lowest BCUT2D eigenvalue weighted by Crippen LogP contribution is -1.77. The van der Waals surface area contributed by atoms with Crippen molar-refractivity contribution in [2.75, 3.05) is 0 Å². The maximum Gasteiger partial charge on any atom is -0.0351 e. The van der Waals surface area contributed by atoms with Crippen molar-refractivity contribution in [1.82, 2.24) is 0 Å². The van der Waals surface area contributed by atoms with Gasteiger partial charge >= 0.3 is 0 Å². The van der Waals surface area contributed by atoms with Gasteiger partial charge in [0.15, 0.2) is 0 Å². The molecular formula is C12H22. The maximum absolute atomic E-state index is 3.71. The summed E-state index contributed by atoms with van der Waals surface area (Å²) in [6.45, 7) is 5.80. The Morgan fingerprint density at radius 1 is 0.917 bits per heavy atom. The van der Waals surface area contributed by atoms with Crippen LogP contribution in [0.1, 0.15) is 51.9 Å². The van der Waals surface area contributed by atoms with E-state index >= 15 is 0 Å². The Kier molecular flexibility index (Phi) is 10.0. The molecule has 0 aromatic carbocycles. The molecule has 0 N–H and O–H groups in total. The highest BCUT2D eigenvalue weighted by Gasteiger charge is 1.87. The number of allylic oxidation sites excluding steroid dienone is 3. The van der Waals surface area contributed by atoms with E-state index in [1.165, 1.54) is 44.9 Å². The Morgan fingerprint density at radius 3 is 2.08 bits per heavy atom. The Hall–Kier alpha value is -0.520. The van der Waals surface area contributed by atoms with Crippen LogP contribution in [0.5, 0.6) is 0 Å². The molecule has 0 aliphatic heterocycles. The second-order valence-corrected chi connectivity index (χ2v) is 3.20. The van der Waals surface area contributed by atoms with E-state index in [2.05, 4.69) is 25.7 Å². The standard InChI is InChI=1S/C12H22/c1-3-5-7-9-11-12-10-8-6-4-2/h3-4,6H,1,5,7-12H2,2H3. The van der Waals surface area contributed by atoms with Crippen molar-refractivity contribution in [2.45, 2.75) is 51.9 Å². The van der Waals surface area contributed by atoms with Gasteiger partial charge in [-0.2, -0.15) is 0 Å². The van der Waals surface area contributed by atoms with E-state index in [4.69, 9.17) is 0 Å². The SMILES string of the molecule is C=CCCCCCCCC=CC. The fraction of sp³-hybridized carbons (Fsp3) is 0.667. The van der Waals surface area contributed by atoms with E-state index in [0.717, 1.165) is 0 Å². The summed E-state index contributed by atoms with van der Waals surface area (Å²) < 4.78 is 0. The molecule has 0 radical (unpaired) electrons. The molecule has 0 saturated heterocycles. The van der Waals surface area contributed by atoms with Gasteiger partial charge in [0.1, 0.15) is 0 Å². The van der Waals surface area contributed by atoms with Crippen LogP contribution in [0.4, 0.5) is 0 Å². The molecule has 0 fully saturated rings. The highest BCUT2D eigenvalue weighted by atomic mass is 13.9. The Morgan fingerprint density at radius 2 is 1.50 bits per heavy atom. The van der Waals surface area contributed by atoms with Gasteiger partial charge in [0.05, 0.1) is 0 Å². The van der Waals surface area contributed by atoms with Crippen LogP contribution in [-0.2, 0) is 0 Å². The topological polar surface area (TPSA) is 0 Å². The molecule has 0 heteroatoms. The van der Waals surface area contributed by atoms with Crippen LogP contribution in [0.15, 0.2) is 24.8 Å². The molecule has 0 amide bonds. The Labute approximate surface area is 77.4 Å². The second-order valence-electron chi connectivity index (χ2n) is 3.20. The first kappa shape index (κ1) is 11.5. The van der Waals surface area contributed by atoms with Crippen molar-refractivity contribution in [2.24, 2.45) is 0 Å². The third-order valence-corrected chi connectivity index (χ3v) is 2.01. The zero-order valence-corrected chi connectivity index (χ0v) is 8.39. The highest BCUT2D eigenvalue weighted by Crippen LogP contribution is 2.07. The van der Waals surface area contributed by atoms with E-state index in [1.54, 1.807) is 0 Å². The van der Waals surface area contributed by atoms with Gasteiger partial charge in [-0.25, -0.2) is 0 Å². The van der Waals surface area contributed by atoms with Gasteiger partial charge in [0.2, 0.25) is 0 Å². The summed E-state index contributed by atoms with van der Waals surface area (Å²) >= 11 is 0. The van der Waals surface area contributed by atoms with Crippen molar-refractivity contribution in [3.05, 3.63) is 24.8 Å². The molecule has 0 atom stereocenters. The van der Waals surface area contributed by atoms with E-state index in [0.29, 0.717) is 0 Å². The van der Waals surface area contributed by atoms with Crippen molar-refractivity contribution < 1.29 is 0 Å². The molecule has 0 rings (SSSR count). The molecule has 0 unspecified atom stereocenters. The quantitative estimate of drug-likeness (QED) is 0.368. The molecule has 0 saturated carbocycles. The number of unbranched alkanes of at least 4 members (excludes halogenated alkanes) is 6. The van der Waals surface area contributed by atoms with Crippen LogP contribution in [-0.4, -0.2) is 0 Å². The average Bonchev–Trinajstić information content (AvgIpc) is 2.10. The monoisotopic (exact) mass is 166 g/mol. The van der Waals surface area contributed by atoms with Gasteiger partial charge in [-0.1, -0.05) is 37.5 Å². The van der Waals surface area contributed by atoms with E-state index in [-0.39, 0.29) is 0 Å². The summed E-state index contributed by atoms with van der Waals surface area (Å²) in [6.07, 6.45) is 15.7. The van der Waals surface area contributed by atoms with E-state index < -0.39 is 0 Å². The predicted octanol–water partition coefficient (Wildman–Crippen LogP) is 4.48. The average molecular weight is 166 g/mol. The molecule has 0 heterocycles. The third kappa shape index (κ3) is 9.48. The van der Waals surface area contributed by atoms with Crippen molar-refractivity contribution >= 4 is 0 Å². The van der Waals surface area contributed by atoms with Crippen molar-refractivity contribution in [1.29, 1.82) is 0 Å². The normalized spacial score (nSPS) is 10.8. The molecule has 0 aromatic heterocycles. The first-order chi connectivity index (χ1) is 5.91. The number of hydrogen-bond acceptors (Lipinski definition) is 0. The van der Waals surface area contributed by atoms with Gasteiger partial charge in [-0.3, -0.25) is 0 Å². The van der Waals surface area contributed by atoms with Gasteiger partial charge in [-0.05, 0) is 32.6 Å². The largest absolute Gasteiger partial charge is 0.103 e. The molecule has 0 aliphatic rings. The summed E-state index contributed by atoms with van der Waals surface area (Å²) in [5.74, 6) is 0. The van der Waals surface area contributed by atoms with Crippen LogP contribution in [0.2, 0.25) is 0 Å². The minimum atomic E-state index is 1.19. The summed E-state index contributed by atoms with van der Waals surface area (Å²) in [7, 11) is 0. The van der Waals surface area contributed by atoms with Crippen LogP contribution in [0.3, 0.4) is 0 Å². The van der Waals surface area contributed by atoms with Gasteiger partial charge in [-0.15, -0.1) is 6.58 Å². The molecule has 0 aromatic rings. The lowest BCUT2D eigenvalue weighted by Gasteiger charge is -1.97. The lowest BCUT2D eigenvalue weighted by molar-refractivity contribution is 0.622. The fourth-order valence-corrected chi connectivity index (χ4v) is 1.25. The summed E-state index contributed by atoms with van der Waals surface area (Å²) in [6, 6.07) is 0. The summed E-state index contributed by atoms with van der Waals surface area (Å²) in [4.78, 5) is 0. The lowest BCUT2D eigenvalue weighted by atomic mass is 10.1. The Bertz CT molecular complexity index is 111. The van der Waals surface area contributed by atoms with Crippen molar-refractivity contribution in [3.63, 3.8) is 0 Å². The third-order valence-electron chi connectivity index (χ3n) is 2.01. The smallest absolute Gasteiger partial charge is 0.0351 e. The minimum Gasteiger partial charge on any atom is -0.103 e. The summed E-state index contributed by atoms with van der Waals surface area (Å²) in [5, 5.41) is 0. The molecule has 0 nitrogen and oxygen atoms in total. The van der Waals surface area contributed by atoms with Crippen LogP contribution in [0, 0.1) is 0 Å². The predicted molar refractivity (Wildman–Crippen MR) is 57.3 cm³/mol. The molecular weight excluding hydrogens is 144 g/mol. The van der Waals surface area contributed by atoms with Gasteiger partial charge in [0, 0.05) is 0 Å². The molecule has 12 heavy (non-hydrogen) atoms. The van der Waals surface area contributed by atoms with Crippen LogP contribution < -0.4 is 0 Å². The minimum absolute atomic E-state index is 1.19. The molecule has 70 valence electrons. The van der Waals surface area contributed by atoms with Crippen LogP contribution >= 0.6 is 0 Å². The Balaban J connectivity index is 2.86. The number of rotatable bonds is 8. The van der Waals surface area contributed by atoms with E-state index in [9.17, 15) is 0 Å². The summed E-state index contributed by atoms with van der Waals surface area (Å²) in [5.41, 5.74) is 0.